The average Bonchev–Trinajstić information content (AvgIpc) is 3.13. The second kappa shape index (κ2) is 7.24. The Morgan fingerprint density at radius 3 is 2.74 bits per heavy atom. The predicted octanol–water partition coefficient (Wildman–Crippen LogP) is 4.06. The van der Waals surface area contributed by atoms with Crippen LogP contribution >= 0.6 is 0 Å². The van der Waals surface area contributed by atoms with Crippen LogP contribution in [0, 0.1) is 13.8 Å². The Kier molecular flexibility index (Phi) is 4.79. The first-order valence-electron chi connectivity index (χ1n) is 9.50. The van der Waals surface area contributed by atoms with E-state index in [-0.39, 0.29) is 12.8 Å². The first-order valence-corrected chi connectivity index (χ1v) is 9.50. The summed E-state index contributed by atoms with van der Waals surface area (Å²) in [5, 5.41) is 9.84. The third kappa shape index (κ3) is 3.39. The third-order valence-electron chi connectivity index (χ3n) is 5.60. The van der Waals surface area contributed by atoms with Gasteiger partial charge in [0.2, 0.25) is 6.79 Å². The lowest BCUT2D eigenvalue weighted by molar-refractivity contribution is -0.145. The Morgan fingerprint density at radius 2 is 1.93 bits per heavy atom. The number of carboxylic acids is 1. The maximum atomic E-state index is 12.0. The zero-order valence-corrected chi connectivity index (χ0v) is 15.8. The molecule has 2 unspecified atom stereocenters. The summed E-state index contributed by atoms with van der Waals surface area (Å²) >= 11 is 0. The molecule has 0 saturated carbocycles. The maximum Gasteiger partial charge on any atom is 0.320 e. The molecule has 1 saturated heterocycles. The van der Waals surface area contributed by atoms with Gasteiger partial charge in [-0.25, -0.2) is 0 Å². The molecule has 5 nitrogen and oxygen atoms in total. The van der Waals surface area contributed by atoms with E-state index < -0.39 is 12.0 Å². The van der Waals surface area contributed by atoms with Crippen LogP contribution in [-0.2, 0) is 4.79 Å². The second-order valence-corrected chi connectivity index (χ2v) is 7.46. The number of carboxylic acid groups (broad SMARTS) is 1. The van der Waals surface area contributed by atoms with Gasteiger partial charge >= 0.3 is 5.97 Å². The lowest BCUT2D eigenvalue weighted by Gasteiger charge is -2.40. The van der Waals surface area contributed by atoms with Crippen molar-refractivity contribution in [2.24, 2.45) is 0 Å². The van der Waals surface area contributed by atoms with Gasteiger partial charge in [0.1, 0.15) is 6.04 Å². The summed E-state index contributed by atoms with van der Waals surface area (Å²) in [6, 6.07) is 11.8. The van der Waals surface area contributed by atoms with Crippen LogP contribution in [0.5, 0.6) is 11.5 Å². The molecule has 0 aliphatic carbocycles. The van der Waals surface area contributed by atoms with Crippen LogP contribution in [0.3, 0.4) is 0 Å². The zero-order chi connectivity index (χ0) is 19.0. The fraction of sp³-hybridized carbons (Fsp3) is 0.409. The fourth-order valence-electron chi connectivity index (χ4n) is 4.22. The Hall–Kier alpha value is -2.53. The van der Waals surface area contributed by atoms with E-state index in [1.807, 2.05) is 18.2 Å². The highest BCUT2D eigenvalue weighted by Crippen LogP contribution is 2.40. The van der Waals surface area contributed by atoms with Crippen molar-refractivity contribution in [3.8, 4) is 11.5 Å². The molecule has 0 bridgehead atoms. The molecule has 2 aliphatic rings. The van der Waals surface area contributed by atoms with E-state index in [4.69, 9.17) is 9.47 Å². The summed E-state index contributed by atoms with van der Waals surface area (Å²) in [5.74, 6) is 0.726. The van der Waals surface area contributed by atoms with E-state index in [0.29, 0.717) is 6.42 Å². The van der Waals surface area contributed by atoms with Crippen LogP contribution in [-0.4, -0.2) is 35.4 Å². The number of likely N-dealkylation sites (tertiary alicyclic amines) is 1. The highest BCUT2D eigenvalue weighted by atomic mass is 16.7. The fourth-order valence-corrected chi connectivity index (χ4v) is 4.22. The van der Waals surface area contributed by atoms with Crippen LogP contribution in [0.2, 0.25) is 0 Å². The summed E-state index contributed by atoms with van der Waals surface area (Å²) in [6.45, 7) is 5.16. The normalized spacial score (nSPS) is 20.4. The average molecular weight is 367 g/mol. The van der Waals surface area contributed by atoms with Gasteiger partial charge in [-0.3, -0.25) is 9.69 Å². The molecule has 0 amide bonds. The number of hydrogen-bond acceptors (Lipinski definition) is 4. The van der Waals surface area contributed by atoms with E-state index >= 15 is 0 Å². The summed E-state index contributed by atoms with van der Waals surface area (Å²) in [7, 11) is 0. The van der Waals surface area contributed by atoms with Crippen molar-refractivity contribution in [2.75, 3.05) is 13.3 Å². The van der Waals surface area contributed by atoms with Crippen LogP contribution in [0.4, 0.5) is 0 Å². The third-order valence-corrected chi connectivity index (χ3v) is 5.60. The second-order valence-electron chi connectivity index (χ2n) is 7.46. The monoisotopic (exact) mass is 367 g/mol. The molecular formula is C22H25NO4. The van der Waals surface area contributed by atoms with Gasteiger partial charge in [-0.05, 0) is 62.1 Å². The molecule has 2 aromatic rings. The summed E-state index contributed by atoms with van der Waals surface area (Å²) in [4.78, 5) is 14.1. The lowest BCUT2D eigenvalue weighted by atomic mass is 9.88. The van der Waals surface area contributed by atoms with Gasteiger partial charge in [-0.15, -0.1) is 0 Å². The number of piperidine rings is 1. The van der Waals surface area contributed by atoms with Crippen molar-refractivity contribution in [1.29, 1.82) is 0 Å². The minimum absolute atomic E-state index is 0.124. The van der Waals surface area contributed by atoms with Crippen molar-refractivity contribution >= 4 is 5.97 Å². The Morgan fingerprint density at radius 1 is 1.11 bits per heavy atom. The van der Waals surface area contributed by atoms with Gasteiger partial charge in [-0.1, -0.05) is 36.2 Å². The topological polar surface area (TPSA) is 59.0 Å². The smallest absolute Gasteiger partial charge is 0.320 e. The molecule has 2 aliphatic heterocycles. The van der Waals surface area contributed by atoms with Gasteiger partial charge in [0, 0.05) is 0 Å². The molecule has 2 heterocycles. The first-order chi connectivity index (χ1) is 13.0. The molecular weight excluding hydrogens is 342 g/mol. The van der Waals surface area contributed by atoms with Crippen molar-refractivity contribution in [3.05, 3.63) is 58.7 Å². The van der Waals surface area contributed by atoms with E-state index in [2.05, 4.69) is 36.9 Å². The van der Waals surface area contributed by atoms with E-state index in [9.17, 15) is 9.90 Å². The van der Waals surface area contributed by atoms with Gasteiger partial charge in [-0.2, -0.15) is 0 Å². The standard InChI is InChI=1S/C22H25NO4/c1-14-6-7-15(2)17(11-14)21(23-10-4-3-5-18(23)22(24)25)16-8-9-19-20(12-16)27-13-26-19/h6-9,11-12,18,21H,3-5,10,13H2,1-2H3,(H,24,25). The maximum absolute atomic E-state index is 12.0. The van der Waals surface area contributed by atoms with Crippen molar-refractivity contribution < 1.29 is 19.4 Å². The first kappa shape index (κ1) is 17.9. The quantitative estimate of drug-likeness (QED) is 0.883. The zero-order valence-electron chi connectivity index (χ0n) is 15.8. The number of benzene rings is 2. The number of rotatable bonds is 4. The number of aliphatic carboxylic acids is 1. The van der Waals surface area contributed by atoms with Gasteiger partial charge in [0.25, 0.3) is 0 Å². The summed E-state index contributed by atoms with van der Waals surface area (Å²) in [6.07, 6.45) is 2.64. The largest absolute Gasteiger partial charge is 0.480 e. The lowest BCUT2D eigenvalue weighted by Crippen LogP contribution is -2.47. The van der Waals surface area contributed by atoms with Gasteiger partial charge in [0.15, 0.2) is 11.5 Å². The molecule has 4 rings (SSSR count). The number of fused-ring (bicyclic) bond motifs is 1. The molecule has 5 heteroatoms. The van der Waals surface area contributed by atoms with Crippen LogP contribution in [0.1, 0.15) is 47.6 Å². The predicted molar refractivity (Wildman–Crippen MR) is 102 cm³/mol. The SMILES string of the molecule is Cc1ccc(C)c(C(c2ccc3c(c2)OCO3)N2CCCCC2C(=O)O)c1. The molecule has 0 spiro atoms. The van der Waals surface area contributed by atoms with E-state index in [1.54, 1.807) is 0 Å². The summed E-state index contributed by atoms with van der Waals surface area (Å²) < 4.78 is 11.0. The Labute approximate surface area is 159 Å². The Bertz CT molecular complexity index is 863. The van der Waals surface area contributed by atoms with E-state index in [1.165, 1.54) is 5.56 Å². The van der Waals surface area contributed by atoms with Crippen LogP contribution in [0.15, 0.2) is 36.4 Å². The molecule has 27 heavy (non-hydrogen) atoms. The van der Waals surface area contributed by atoms with Crippen LogP contribution < -0.4 is 9.47 Å². The number of nitrogens with zero attached hydrogens (tertiary/aromatic N) is 1. The molecule has 0 radical (unpaired) electrons. The van der Waals surface area contributed by atoms with Crippen LogP contribution in [0.25, 0.3) is 0 Å². The summed E-state index contributed by atoms with van der Waals surface area (Å²) in [5.41, 5.74) is 4.53. The molecule has 2 aromatic carbocycles. The van der Waals surface area contributed by atoms with Gasteiger partial charge < -0.3 is 14.6 Å². The molecule has 0 aromatic heterocycles. The number of aryl methyl sites for hydroxylation is 2. The molecule has 142 valence electrons. The van der Waals surface area contributed by atoms with Crippen molar-refractivity contribution in [2.45, 2.75) is 45.2 Å². The molecule has 2 atom stereocenters. The Balaban J connectivity index is 1.84. The highest BCUT2D eigenvalue weighted by molar-refractivity contribution is 5.73. The van der Waals surface area contributed by atoms with E-state index in [0.717, 1.165) is 47.6 Å². The molecule has 1 fully saturated rings. The number of hydrogen-bond donors (Lipinski definition) is 1. The minimum atomic E-state index is -0.745. The number of carbonyl (C=O) groups is 1. The van der Waals surface area contributed by atoms with Crippen molar-refractivity contribution in [1.82, 2.24) is 4.90 Å². The van der Waals surface area contributed by atoms with Gasteiger partial charge in [0.05, 0.1) is 6.04 Å². The highest BCUT2D eigenvalue weighted by Gasteiger charge is 2.36. The molecule has 1 N–H and O–H groups in total. The number of ether oxygens (including phenoxy) is 2. The minimum Gasteiger partial charge on any atom is -0.480 e. The van der Waals surface area contributed by atoms with Crippen molar-refractivity contribution in [3.63, 3.8) is 0 Å².